The summed E-state index contributed by atoms with van der Waals surface area (Å²) in [6.07, 6.45) is 7.18. The average Bonchev–Trinajstić information content (AvgIpc) is 2.22. The lowest BCUT2D eigenvalue weighted by Crippen LogP contribution is -2.59. The molecule has 1 aromatic carbocycles. The third kappa shape index (κ3) is 2.90. The van der Waals surface area contributed by atoms with Gasteiger partial charge in [0.15, 0.2) is 0 Å². The molecule has 1 spiro atoms. The summed E-state index contributed by atoms with van der Waals surface area (Å²) in [5, 5.41) is 3.79. The molecule has 0 aliphatic heterocycles. The number of hydrogen-bond donors (Lipinski definition) is 1. The first kappa shape index (κ1) is 15.1. The fourth-order valence-electron chi connectivity index (χ4n) is 4.56. The first-order valence-electron chi connectivity index (χ1n) is 8.56. The number of rotatable bonds is 3. The molecule has 0 amide bonds. The highest BCUT2D eigenvalue weighted by molar-refractivity contribution is 5.38. The Morgan fingerprint density at radius 2 is 1.57 bits per heavy atom. The molecule has 2 fully saturated rings. The molecule has 0 heterocycles. The van der Waals surface area contributed by atoms with Gasteiger partial charge in [0.25, 0.3) is 0 Å². The quantitative estimate of drug-likeness (QED) is 0.833. The van der Waals surface area contributed by atoms with E-state index in [1.54, 1.807) is 5.56 Å². The van der Waals surface area contributed by atoms with E-state index in [0.717, 1.165) is 6.54 Å². The fourth-order valence-corrected chi connectivity index (χ4v) is 4.56. The van der Waals surface area contributed by atoms with E-state index in [-0.39, 0.29) is 5.54 Å². The minimum Gasteiger partial charge on any atom is -0.311 e. The summed E-state index contributed by atoms with van der Waals surface area (Å²) < 4.78 is 0. The summed E-state index contributed by atoms with van der Waals surface area (Å²) in [5.74, 6) is 0. The van der Waals surface area contributed by atoms with Gasteiger partial charge in [-0.3, -0.25) is 0 Å². The van der Waals surface area contributed by atoms with E-state index in [1.807, 2.05) is 0 Å². The van der Waals surface area contributed by atoms with E-state index in [9.17, 15) is 0 Å². The molecule has 2 aliphatic carbocycles. The van der Waals surface area contributed by atoms with Gasteiger partial charge in [0.1, 0.15) is 0 Å². The van der Waals surface area contributed by atoms with Crippen molar-refractivity contribution < 1.29 is 0 Å². The van der Waals surface area contributed by atoms with Crippen LogP contribution in [0.4, 0.5) is 0 Å². The molecular weight excluding hydrogens is 254 g/mol. The monoisotopic (exact) mass is 285 g/mol. The van der Waals surface area contributed by atoms with Crippen molar-refractivity contribution in [1.82, 2.24) is 5.32 Å². The summed E-state index contributed by atoms with van der Waals surface area (Å²) in [7, 11) is 0. The van der Waals surface area contributed by atoms with Crippen LogP contribution in [0.5, 0.6) is 0 Å². The summed E-state index contributed by atoms with van der Waals surface area (Å²) in [5.41, 5.74) is 5.69. The second kappa shape index (κ2) is 4.84. The molecule has 0 atom stereocenters. The highest BCUT2D eigenvalue weighted by atomic mass is 15.0. The van der Waals surface area contributed by atoms with Gasteiger partial charge in [0.2, 0.25) is 0 Å². The zero-order chi connectivity index (χ0) is 15.3. The van der Waals surface area contributed by atoms with Crippen LogP contribution >= 0.6 is 0 Å². The fraction of sp³-hybridized carbons (Fsp3) is 0.700. The van der Waals surface area contributed by atoms with Gasteiger partial charge >= 0.3 is 0 Å². The highest BCUT2D eigenvalue weighted by Gasteiger charge is 2.57. The molecule has 1 nitrogen and oxygen atoms in total. The topological polar surface area (TPSA) is 12.0 Å². The van der Waals surface area contributed by atoms with Crippen molar-refractivity contribution in [3.8, 4) is 0 Å². The van der Waals surface area contributed by atoms with Crippen molar-refractivity contribution in [1.29, 1.82) is 0 Å². The van der Waals surface area contributed by atoms with Gasteiger partial charge in [-0.1, -0.05) is 35.7 Å². The minimum absolute atomic E-state index is 0.203. The van der Waals surface area contributed by atoms with E-state index >= 15 is 0 Å². The lowest BCUT2D eigenvalue weighted by atomic mass is 9.43. The van der Waals surface area contributed by atoms with Crippen molar-refractivity contribution in [3.63, 3.8) is 0 Å². The third-order valence-electron chi connectivity index (χ3n) is 5.63. The molecule has 2 aliphatic rings. The number of benzene rings is 1. The number of nitrogens with one attached hydrogen (secondary N) is 1. The van der Waals surface area contributed by atoms with Crippen LogP contribution in [0.3, 0.4) is 0 Å². The molecule has 0 aromatic heterocycles. The molecule has 1 heteroatoms. The zero-order valence-corrected chi connectivity index (χ0v) is 14.5. The Morgan fingerprint density at radius 1 is 1.00 bits per heavy atom. The normalized spacial score (nSPS) is 22.7. The largest absolute Gasteiger partial charge is 0.311 e. The second-order valence-corrected chi connectivity index (χ2v) is 8.97. The van der Waals surface area contributed by atoms with E-state index in [0.29, 0.717) is 10.8 Å². The molecule has 0 saturated heterocycles. The molecule has 1 aromatic rings. The van der Waals surface area contributed by atoms with Gasteiger partial charge in [0, 0.05) is 17.5 Å². The molecule has 0 bridgehead atoms. The highest BCUT2D eigenvalue weighted by Crippen LogP contribution is 2.64. The maximum Gasteiger partial charge on any atom is 0.00968 e. The second-order valence-electron chi connectivity index (χ2n) is 8.97. The lowest BCUT2D eigenvalue weighted by molar-refractivity contribution is -0.0503. The Kier molecular flexibility index (Phi) is 3.48. The Morgan fingerprint density at radius 3 is 2.00 bits per heavy atom. The SMILES string of the molecule is Cc1cc(C)cc(C2(CNC(C)(C)C)CC3(CCC3)C2)c1. The van der Waals surface area contributed by atoms with Crippen LogP contribution in [0.15, 0.2) is 18.2 Å². The first-order valence-corrected chi connectivity index (χ1v) is 8.56. The smallest absolute Gasteiger partial charge is 0.00968 e. The first-order chi connectivity index (χ1) is 9.72. The van der Waals surface area contributed by atoms with Gasteiger partial charge in [-0.15, -0.1) is 0 Å². The molecule has 0 radical (unpaired) electrons. The van der Waals surface area contributed by atoms with Crippen molar-refractivity contribution in [3.05, 3.63) is 34.9 Å². The summed E-state index contributed by atoms with van der Waals surface area (Å²) >= 11 is 0. The Balaban J connectivity index is 1.86. The van der Waals surface area contributed by atoms with E-state index in [1.165, 1.54) is 43.2 Å². The summed E-state index contributed by atoms with van der Waals surface area (Å²) in [6, 6.07) is 7.16. The zero-order valence-electron chi connectivity index (χ0n) is 14.5. The van der Waals surface area contributed by atoms with Gasteiger partial charge in [-0.05, 0) is 71.3 Å². The van der Waals surface area contributed by atoms with Crippen LogP contribution in [-0.4, -0.2) is 12.1 Å². The Labute approximate surface area is 130 Å². The van der Waals surface area contributed by atoms with Crippen molar-refractivity contribution in [2.24, 2.45) is 5.41 Å². The van der Waals surface area contributed by atoms with Crippen molar-refractivity contribution >= 4 is 0 Å². The van der Waals surface area contributed by atoms with Gasteiger partial charge < -0.3 is 5.32 Å². The molecule has 2 saturated carbocycles. The summed E-state index contributed by atoms with van der Waals surface area (Å²) in [6.45, 7) is 12.4. The standard InChI is InChI=1S/C20H31N/c1-15-9-16(2)11-17(10-15)20(14-21-18(3,4)5)12-19(13-20)7-6-8-19/h9-11,21H,6-8,12-14H2,1-5H3. The van der Waals surface area contributed by atoms with Crippen molar-refractivity contribution in [2.75, 3.05) is 6.54 Å². The Hall–Kier alpha value is -0.820. The molecule has 1 N–H and O–H groups in total. The molecule has 3 rings (SSSR count). The van der Waals surface area contributed by atoms with Crippen LogP contribution in [0.2, 0.25) is 0 Å². The number of aryl methyl sites for hydroxylation is 2. The molecular formula is C20H31N. The van der Waals surface area contributed by atoms with Gasteiger partial charge in [-0.25, -0.2) is 0 Å². The van der Waals surface area contributed by atoms with Crippen molar-refractivity contribution in [2.45, 2.75) is 77.7 Å². The maximum atomic E-state index is 3.79. The molecule has 21 heavy (non-hydrogen) atoms. The van der Waals surface area contributed by atoms with Crippen LogP contribution < -0.4 is 5.32 Å². The van der Waals surface area contributed by atoms with Gasteiger partial charge in [-0.2, -0.15) is 0 Å². The summed E-state index contributed by atoms with van der Waals surface area (Å²) in [4.78, 5) is 0. The van der Waals surface area contributed by atoms with Gasteiger partial charge in [0.05, 0.1) is 0 Å². The lowest BCUT2D eigenvalue weighted by Gasteiger charge is -2.62. The van der Waals surface area contributed by atoms with Crippen LogP contribution in [0, 0.1) is 19.3 Å². The predicted molar refractivity (Wildman–Crippen MR) is 90.9 cm³/mol. The van der Waals surface area contributed by atoms with Crippen LogP contribution in [0.1, 0.15) is 69.6 Å². The average molecular weight is 285 g/mol. The van der Waals surface area contributed by atoms with E-state index in [4.69, 9.17) is 0 Å². The number of hydrogen-bond acceptors (Lipinski definition) is 1. The molecule has 0 unspecified atom stereocenters. The predicted octanol–water partition coefficient (Wildman–Crippen LogP) is 4.89. The third-order valence-corrected chi connectivity index (χ3v) is 5.63. The van der Waals surface area contributed by atoms with Crippen LogP contribution in [0.25, 0.3) is 0 Å². The Bertz CT molecular complexity index is 503. The van der Waals surface area contributed by atoms with E-state index < -0.39 is 0 Å². The maximum absolute atomic E-state index is 3.79. The molecule has 116 valence electrons. The van der Waals surface area contributed by atoms with Crippen LogP contribution in [-0.2, 0) is 5.41 Å². The minimum atomic E-state index is 0.203. The van der Waals surface area contributed by atoms with E-state index in [2.05, 4.69) is 58.1 Å².